The third-order valence-electron chi connectivity index (χ3n) is 4.03. The van der Waals surface area contributed by atoms with E-state index < -0.39 is 6.10 Å². The normalized spacial score (nSPS) is 12.3. The summed E-state index contributed by atoms with van der Waals surface area (Å²) in [5, 5.41) is 17.1. The molecule has 0 saturated carbocycles. The zero-order chi connectivity index (χ0) is 17.6. The number of nitrogens with one attached hydrogen (secondary N) is 1. The van der Waals surface area contributed by atoms with Crippen LogP contribution in [0.2, 0.25) is 0 Å². The maximum atomic E-state index is 9.95. The Bertz CT molecular complexity index is 759. The summed E-state index contributed by atoms with van der Waals surface area (Å²) in [5.74, 6) is 2.14. The highest BCUT2D eigenvalue weighted by Gasteiger charge is 2.10. The molecule has 2 aromatic heterocycles. The molecule has 3 aromatic rings. The summed E-state index contributed by atoms with van der Waals surface area (Å²) in [6.45, 7) is 5.31. The van der Waals surface area contributed by atoms with E-state index in [1.54, 1.807) is 18.4 Å². The van der Waals surface area contributed by atoms with Gasteiger partial charge >= 0.3 is 0 Å². The van der Waals surface area contributed by atoms with E-state index in [-0.39, 0.29) is 0 Å². The monoisotopic (exact) mass is 342 g/mol. The molecule has 0 amide bonds. The Morgan fingerprint density at radius 3 is 2.64 bits per heavy atom. The maximum Gasteiger partial charge on any atom is 0.140 e. The molecule has 0 bridgehead atoms. The molecule has 0 saturated heterocycles. The van der Waals surface area contributed by atoms with Crippen LogP contribution >= 0.6 is 0 Å². The van der Waals surface area contributed by atoms with Crippen molar-refractivity contribution in [2.24, 2.45) is 0 Å². The largest absolute Gasteiger partial charge is 0.489 e. The van der Waals surface area contributed by atoms with Gasteiger partial charge in [-0.2, -0.15) is 0 Å². The first-order valence-electron chi connectivity index (χ1n) is 8.19. The van der Waals surface area contributed by atoms with Gasteiger partial charge in [0.1, 0.15) is 30.0 Å². The minimum absolute atomic E-state index is 0.428. The molecule has 0 fully saturated rings. The molecule has 6 nitrogen and oxygen atoms in total. The Kier molecular flexibility index (Phi) is 5.53. The van der Waals surface area contributed by atoms with Gasteiger partial charge in [0, 0.05) is 13.1 Å². The van der Waals surface area contributed by atoms with Crippen molar-refractivity contribution in [3.05, 3.63) is 71.0 Å². The smallest absolute Gasteiger partial charge is 0.140 e. The van der Waals surface area contributed by atoms with E-state index in [0.717, 1.165) is 28.3 Å². The lowest BCUT2D eigenvalue weighted by Gasteiger charge is -2.10. The molecule has 6 heteroatoms. The van der Waals surface area contributed by atoms with Crippen LogP contribution in [0.5, 0.6) is 5.75 Å². The van der Waals surface area contributed by atoms with Gasteiger partial charge in [-0.15, -0.1) is 0 Å². The standard InChI is InChI=1S/C19H22N2O4/c1-13-17(14(2)25-21-13)12-24-16-7-5-15(6-8-16)10-20-11-18(22)19-4-3-9-23-19/h3-9,18,20,22H,10-12H2,1-2H3. The fourth-order valence-electron chi connectivity index (χ4n) is 2.50. The predicted molar refractivity (Wildman–Crippen MR) is 92.1 cm³/mol. The van der Waals surface area contributed by atoms with Crippen molar-refractivity contribution in [2.45, 2.75) is 33.1 Å². The van der Waals surface area contributed by atoms with E-state index in [9.17, 15) is 5.11 Å². The van der Waals surface area contributed by atoms with Crippen LogP contribution in [0.25, 0.3) is 0 Å². The Hall–Kier alpha value is -2.57. The van der Waals surface area contributed by atoms with Crippen LogP contribution in [-0.4, -0.2) is 16.8 Å². The number of benzene rings is 1. The topological polar surface area (TPSA) is 80.7 Å². The van der Waals surface area contributed by atoms with Gasteiger partial charge < -0.3 is 24.1 Å². The maximum absolute atomic E-state index is 9.95. The third kappa shape index (κ3) is 4.49. The third-order valence-corrected chi connectivity index (χ3v) is 4.03. The number of hydrogen-bond acceptors (Lipinski definition) is 6. The first-order chi connectivity index (χ1) is 12.1. The summed E-state index contributed by atoms with van der Waals surface area (Å²) in [6.07, 6.45) is 0.910. The van der Waals surface area contributed by atoms with E-state index in [4.69, 9.17) is 13.7 Å². The van der Waals surface area contributed by atoms with Crippen molar-refractivity contribution in [3.8, 4) is 5.75 Å². The minimum Gasteiger partial charge on any atom is -0.489 e. The van der Waals surface area contributed by atoms with E-state index in [0.29, 0.717) is 25.5 Å². The van der Waals surface area contributed by atoms with Gasteiger partial charge in [0.15, 0.2) is 0 Å². The zero-order valence-corrected chi connectivity index (χ0v) is 14.4. The lowest BCUT2D eigenvalue weighted by atomic mass is 10.2. The molecule has 0 aliphatic carbocycles. The van der Waals surface area contributed by atoms with E-state index in [1.807, 2.05) is 38.1 Å². The van der Waals surface area contributed by atoms with E-state index >= 15 is 0 Å². The second-order valence-electron chi connectivity index (χ2n) is 5.90. The van der Waals surface area contributed by atoms with E-state index in [1.165, 1.54) is 0 Å². The molecule has 0 aliphatic rings. The summed E-state index contributed by atoms with van der Waals surface area (Å²) in [7, 11) is 0. The van der Waals surface area contributed by atoms with Crippen LogP contribution in [0, 0.1) is 13.8 Å². The quantitative estimate of drug-likeness (QED) is 0.654. The number of ether oxygens (including phenoxy) is 1. The lowest BCUT2D eigenvalue weighted by Crippen LogP contribution is -2.20. The second kappa shape index (κ2) is 8.00. The number of rotatable bonds is 8. The Morgan fingerprint density at radius 1 is 1.20 bits per heavy atom. The van der Waals surface area contributed by atoms with Crippen LogP contribution in [0.1, 0.15) is 34.4 Å². The van der Waals surface area contributed by atoms with Crippen molar-refractivity contribution >= 4 is 0 Å². The molecular formula is C19H22N2O4. The van der Waals surface area contributed by atoms with Gasteiger partial charge in [-0.1, -0.05) is 17.3 Å². The average molecular weight is 342 g/mol. The molecular weight excluding hydrogens is 320 g/mol. The number of aromatic nitrogens is 1. The molecule has 1 unspecified atom stereocenters. The summed E-state index contributed by atoms with van der Waals surface area (Å²) >= 11 is 0. The second-order valence-corrected chi connectivity index (χ2v) is 5.90. The summed E-state index contributed by atoms with van der Waals surface area (Å²) < 4.78 is 16.1. The molecule has 2 heterocycles. The molecule has 0 spiro atoms. The predicted octanol–water partition coefficient (Wildman–Crippen LogP) is 3.29. The van der Waals surface area contributed by atoms with Gasteiger partial charge in [0.05, 0.1) is 17.5 Å². The number of furan rings is 1. The number of aryl methyl sites for hydroxylation is 2. The summed E-state index contributed by atoms with van der Waals surface area (Å²) in [5.41, 5.74) is 2.95. The molecule has 1 aromatic carbocycles. The number of nitrogens with zero attached hydrogens (tertiary/aromatic N) is 1. The molecule has 1 atom stereocenters. The van der Waals surface area contributed by atoms with Crippen molar-refractivity contribution in [1.82, 2.24) is 10.5 Å². The van der Waals surface area contributed by atoms with Gasteiger partial charge in [-0.05, 0) is 43.7 Å². The van der Waals surface area contributed by atoms with Crippen LogP contribution in [-0.2, 0) is 13.2 Å². The van der Waals surface area contributed by atoms with Crippen LogP contribution in [0.15, 0.2) is 51.6 Å². The summed E-state index contributed by atoms with van der Waals surface area (Å²) in [4.78, 5) is 0. The summed E-state index contributed by atoms with van der Waals surface area (Å²) in [6, 6.07) is 11.4. The zero-order valence-electron chi connectivity index (χ0n) is 14.4. The SMILES string of the molecule is Cc1noc(C)c1COc1ccc(CNCC(O)c2ccco2)cc1. The fourth-order valence-corrected chi connectivity index (χ4v) is 2.50. The molecule has 3 rings (SSSR count). The highest BCUT2D eigenvalue weighted by molar-refractivity contribution is 5.28. The lowest BCUT2D eigenvalue weighted by molar-refractivity contribution is 0.147. The minimum atomic E-state index is -0.646. The molecule has 2 N–H and O–H groups in total. The van der Waals surface area contributed by atoms with Crippen LogP contribution in [0.4, 0.5) is 0 Å². The van der Waals surface area contributed by atoms with E-state index in [2.05, 4.69) is 10.5 Å². The Balaban J connectivity index is 1.45. The molecule has 132 valence electrons. The highest BCUT2D eigenvalue weighted by atomic mass is 16.5. The van der Waals surface area contributed by atoms with Gasteiger partial charge in [0.2, 0.25) is 0 Å². The Morgan fingerprint density at radius 2 is 2.00 bits per heavy atom. The van der Waals surface area contributed by atoms with Crippen molar-refractivity contribution in [3.63, 3.8) is 0 Å². The molecule has 25 heavy (non-hydrogen) atoms. The van der Waals surface area contributed by atoms with Gasteiger partial charge in [-0.25, -0.2) is 0 Å². The number of aliphatic hydroxyl groups excluding tert-OH is 1. The fraction of sp³-hybridized carbons (Fsp3) is 0.316. The molecule has 0 radical (unpaired) electrons. The highest BCUT2D eigenvalue weighted by Crippen LogP contribution is 2.18. The molecule has 0 aliphatic heterocycles. The number of hydrogen-bond donors (Lipinski definition) is 2. The average Bonchev–Trinajstić information content (AvgIpc) is 3.25. The van der Waals surface area contributed by atoms with Gasteiger partial charge in [-0.3, -0.25) is 0 Å². The number of aliphatic hydroxyl groups is 1. The Labute approximate surface area is 146 Å². The van der Waals surface area contributed by atoms with Crippen molar-refractivity contribution in [2.75, 3.05) is 6.54 Å². The van der Waals surface area contributed by atoms with Crippen LogP contribution < -0.4 is 10.1 Å². The van der Waals surface area contributed by atoms with Crippen molar-refractivity contribution in [1.29, 1.82) is 0 Å². The van der Waals surface area contributed by atoms with Crippen molar-refractivity contribution < 1.29 is 18.8 Å². The first-order valence-corrected chi connectivity index (χ1v) is 8.19. The van der Waals surface area contributed by atoms with Crippen LogP contribution in [0.3, 0.4) is 0 Å². The first kappa shape index (κ1) is 17.3. The van der Waals surface area contributed by atoms with Gasteiger partial charge in [0.25, 0.3) is 0 Å².